The van der Waals surface area contributed by atoms with Gasteiger partial charge in [-0.2, -0.15) is 0 Å². The Bertz CT molecular complexity index is 967. The third-order valence-corrected chi connectivity index (χ3v) is 7.89. The number of halogens is 1. The van der Waals surface area contributed by atoms with Gasteiger partial charge in [0.2, 0.25) is 5.91 Å². The monoisotopic (exact) mass is 415 g/mol. The topological polar surface area (TPSA) is 53.5 Å². The summed E-state index contributed by atoms with van der Waals surface area (Å²) >= 11 is 0. The average molecular weight is 416 g/mol. The van der Waals surface area contributed by atoms with Crippen molar-refractivity contribution in [3.63, 3.8) is 0 Å². The quantitative estimate of drug-likeness (QED) is 0.724. The van der Waals surface area contributed by atoms with E-state index < -0.39 is 9.52 Å². The van der Waals surface area contributed by atoms with Gasteiger partial charge >= 0.3 is 0 Å². The van der Waals surface area contributed by atoms with E-state index in [1.165, 1.54) is 6.07 Å². The number of hydrogen-bond donors (Lipinski definition) is 0. The number of amides is 1. The Hall–Kier alpha value is -2.41. The molecule has 1 unspecified atom stereocenters. The molecule has 0 N–H and O–H groups in total. The summed E-state index contributed by atoms with van der Waals surface area (Å²) in [5.41, 5.74) is 0.526. The smallest absolute Gasteiger partial charge is 0.226 e. The summed E-state index contributed by atoms with van der Waals surface area (Å²) in [6.07, 6.45) is 2.92. The maximum atomic E-state index is 14.7. The highest BCUT2D eigenvalue weighted by Gasteiger charge is 2.37. The number of piperazine rings is 1. The molecule has 1 aromatic heterocycles. The van der Waals surface area contributed by atoms with Crippen LogP contribution < -0.4 is 4.90 Å². The molecule has 5 nitrogen and oxygen atoms in total. The Kier molecular flexibility index (Phi) is 5.58. The van der Waals surface area contributed by atoms with Crippen LogP contribution in [-0.4, -0.2) is 57.0 Å². The zero-order chi connectivity index (χ0) is 20.4. The highest BCUT2D eigenvalue weighted by Crippen LogP contribution is 2.32. The molecule has 0 saturated carbocycles. The minimum atomic E-state index is -2.04. The summed E-state index contributed by atoms with van der Waals surface area (Å²) in [7, 11) is -2.04. The summed E-state index contributed by atoms with van der Waals surface area (Å²) < 4.78 is 26.8. The molecule has 0 radical (unpaired) electrons. The number of nitrogens with zero attached hydrogens (tertiary/aromatic N) is 3. The number of aromatic nitrogens is 1. The van der Waals surface area contributed by atoms with Crippen LogP contribution in [-0.2, 0) is 14.3 Å². The summed E-state index contributed by atoms with van der Waals surface area (Å²) in [5.74, 6) is 5.17. The normalized spacial score (nSPS) is 27.6. The molecule has 2 aromatic rings. The lowest BCUT2D eigenvalue weighted by Gasteiger charge is -2.44. The molecule has 0 spiro atoms. The number of pyridine rings is 1. The highest BCUT2D eigenvalue weighted by molar-refractivity contribution is 8.00. The van der Waals surface area contributed by atoms with Gasteiger partial charge in [0.1, 0.15) is 11.6 Å². The second kappa shape index (κ2) is 8.14. The Morgan fingerprint density at radius 3 is 2.52 bits per heavy atom. The van der Waals surface area contributed by atoms with Gasteiger partial charge in [-0.1, -0.05) is 24.3 Å². The van der Waals surface area contributed by atoms with Crippen molar-refractivity contribution in [3.8, 4) is 0 Å². The third kappa shape index (κ3) is 4.29. The van der Waals surface area contributed by atoms with Gasteiger partial charge in [-0.15, -0.1) is 0 Å². The van der Waals surface area contributed by atoms with Gasteiger partial charge in [0.15, 0.2) is 0 Å². The van der Waals surface area contributed by atoms with Crippen molar-refractivity contribution in [1.29, 1.82) is 0 Å². The van der Waals surface area contributed by atoms with Crippen LogP contribution in [0.3, 0.4) is 0 Å². The molecule has 1 aromatic carbocycles. The van der Waals surface area contributed by atoms with Gasteiger partial charge in [0, 0.05) is 48.8 Å². The Labute approximate surface area is 171 Å². The van der Waals surface area contributed by atoms with E-state index in [-0.39, 0.29) is 23.7 Å². The number of carbonyl (C=O) groups is 1. The Balaban J connectivity index is 1.60. The maximum absolute atomic E-state index is 14.7. The summed E-state index contributed by atoms with van der Waals surface area (Å²) in [4.78, 5) is 21.7. The van der Waals surface area contributed by atoms with Gasteiger partial charge in [-0.25, -0.2) is 9.37 Å². The van der Waals surface area contributed by atoms with Crippen molar-refractivity contribution >= 4 is 27.1 Å². The fraction of sp³-hybridized carbons (Fsp3) is 0.409. The van der Waals surface area contributed by atoms with Gasteiger partial charge in [-0.3, -0.25) is 9.00 Å². The van der Waals surface area contributed by atoms with Crippen LogP contribution in [0.15, 0.2) is 48.7 Å². The maximum Gasteiger partial charge on any atom is 0.226 e. The molecule has 4 rings (SSSR count). The number of anilines is 1. The Morgan fingerprint density at radius 1 is 1.10 bits per heavy atom. The molecule has 3 heterocycles. The minimum absolute atomic E-state index is 0.0359. The molecule has 0 aliphatic carbocycles. The summed E-state index contributed by atoms with van der Waals surface area (Å²) in [5, 5.41) is 0. The van der Waals surface area contributed by atoms with Crippen LogP contribution in [0.1, 0.15) is 24.4 Å². The predicted octanol–water partition coefficient (Wildman–Crippen LogP) is 2.74. The molecule has 2 aliphatic heterocycles. The number of rotatable bonds is 3. The van der Waals surface area contributed by atoms with E-state index in [0.717, 1.165) is 5.82 Å². The Morgan fingerprint density at radius 2 is 1.83 bits per heavy atom. The highest BCUT2D eigenvalue weighted by atomic mass is 32.2. The lowest BCUT2D eigenvalue weighted by atomic mass is 9.96. The molecular formula is C22H26FN3O2S. The van der Waals surface area contributed by atoms with Crippen LogP contribution in [0.25, 0.3) is 0 Å². The summed E-state index contributed by atoms with van der Waals surface area (Å²) in [6.45, 7) is 1.64. The van der Waals surface area contributed by atoms with Crippen molar-refractivity contribution < 1.29 is 13.4 Å². The van der Waals surface area contributed by atoms with Crippen LogP contribution in [0.5, 0.6) is 0 Å². The van der Waals surface area contributed by atoms with E-state index in [1.807, 2.05) is 23.1 Å². The average Bonchev–Trinajstić information content (AvgIpc) is 2.74. The number of hydrogen-bond acceptors (Lipinski definition) is 4. The van der Waals surface area contributed by atoms with E-state index in [9.17, 15) is 13.4 Å². The van der Waals surface area contributed by atoms with E-state index in [2.05, 4.69) is 15.8 Å². The van der Waals surface area contributed by atoms with Crippen molar-refractivity contribution in [2.45, 2.75) is 18.9 Å². The fourth-order valence-electron chi connectivity index (χ4n) is 4.25. The van der Waals surface area contributed by atoms with Crippen molar-refractivity contribution in [1.82, 2.24) is 9.88 Å². The first-order valence-electron chi connectivity index (χ1n) is 9.98. The SMILES string of the molecule is C=S1(=O)CCC(C(=O)N2CCN(c3ccccn3)CC2c2ccccc2F)CC1. The van der Waals surface area contributed by atoms with Gasteiger partial charge in [0.05, 0.1) is 6.04 Å². The largest absolute Gasteiger partial charge is 0.352 e. The van der Waals surface area contributed by atoms with E-state index in [0.29, 0.717) is 49.5 Å². The van der Waals surface area contributed by atoms with Crippen LogP contribution in [0.4, 0.5) is 10.2 Å². The minimum Gasteiger partial charge on any atom is -0.352 e. The first-order valence-corrected chi connectivity index (χ1v) is 12.0. The standard InChI is InChI=1S/C22H26FN3O2S/c1-29(28)14-9-17(10-15-29)22(27)26-13-12-25(21-8-4-5-11-24-21)16-20(26)18-6-2-3-7-19(18)23/h2-8,11,17,20H,1,9-10,12-16H2. The van der Waals surface area contributed by atoms with E-state index >= 15 is 0 Å². The molecule has 2 aliphatic rings. The third-order valence-electron chi connectivity index (χ3n) is 5.93. The van der Waals surface area contributed by atoms with E-state index in [4.69, 9.17) is 0 Å². The zero-order valence-corrected chi connectivity index (χ0v) is 17.2. The number of carbonyl (C=O) groups excluding carboxylic acids is 1. The van der Waals surface area contributed by atoms with Gasteiger partial charge in [-0.05, 0) is 46.4 Å². The summed E-state index contributed by atoms with van der Waals surface area (Å²) in [6, 6.07) is 12.0. The molecule has 1 atom stereocenters. The van der Waals surface area contributed by atoms with Gasteiger partial charge in [0.25, 0.3) is 0 Å². The molecule has 29 heavy (non-hydrogen) atoms. The lowest BCUT2D eigenvalue weighted by Crippen LogP contribution is -2.53. The molecule has 154 valence electrons. The van der Waals surface area contributed by atoms with Crippen LogP contribution >= 0.6 is 0 Å². The lowest BCUT2D eigenvalue weighted by molar-refractivity contribution is -0.138. The van der Waals surface area contributed by atoms with E-state index in [1.54, 1.807) is 24.4 Å². The molecular weight excluding hydrogens is 389 g/mol. The van der Waals surface area contributed by atoms with Crippen LogP contribution in [0.2, 0.25) is 0 Å². The first kappa shape index (κ1) is 19.9. The van der Waals surface area contributed by atoms with Crippen molar-refractivity contribution in [2.75, 3.05) is 36.0 Å². The fourth-order valence-corrected chi connectivity index (χ4v) is 5.88. The first-order chi connectivity index (χ1) is 13.9. The molecule has 0 bridgehead atoms. The number of benzene rings is 1. The van der Waals surface area contributed by atoms with Crippen molar-refractivity contribution in [2.24, 2.45) is 5.92 Å². The second-order valence-electron chi connectivity index (χ2n) is 7.85. The second-order valence-corrected chi connectivity index (χ2v) is 10.6. The molecule has 7 heteroatoms. The van der Waals surface area contributed by atoms with Gasteiger partial charge < -0.3 is 9.80 Å². The molecule has 2 saturated heterocycles. The van der Waals surface area contributed by atoms with Crippen LogP contribution in [0, 0.1) is 11.7 Å². The molecule has 2 fully saturated rings. The molecule has 1 amide bonds. The zero-order valence-electron chi connectivity index (χ0n) is 16.4. The van der Waals surface area contributed by atoms with Crippen molar-refractivity contribution in [3.05, 3.63) is 60.0 Å². The predicted molar refractivity (Wildman–Crippen MR) is 115 cm³/mol.